The molecule has 0 aliphatic carbocycles. The Hall–Kier alpha value is -0.790. The Labute approximate surface area is 106 Å². The minimum Gasteiger partial charge on any atom is -0.369 e. The van der Waals surface area contributed by atoms with Crippen LogP contribution in [0.15, 0.2) is 23.2 Å². The lowest BCUT2D eigenvalue weighted by molar-refractivity contribution is 0.584. The van der Waals surface area contributed by atoms with Crippen molar-refractivity contribution in [2.75, 3.05) is 30.4 Å². The molecular weight excluding hydrogens is 258 g/mol. The van der Waals surface area contributed by atoms with E-state index in [9.17, 15) is 8.42 Å². The molecule has 0 saturated heterocycles. The number of sulfonamides is 1. The summed E-state index contributed by atoms with van der Waals surface area (Å²) in [7, 11) is -3.47. The van der Waals surface area contributed by atoms with Gasteiger partial charge in [-0.2, -0.15) is 11.8 Å². The summed E-state index contributed by atoms with van der Waals surface area (Å²) in [5, 5.41) is 2.94. The molecule has 0 aromatic carbocycles. The molecule has 0 bridgehead atoms. The molecule has 2 N–H and O–H groups in total. The van der Waals surface area contributed by atoms with Gasteiger partial charge in [0.05, 0.1) is 0 Å². The van der Waals surface area contributed by atoms with E-state index in [-0.39, 0.29) is 4.90 Å². The van der Waals surface area contributed by atoms with Crippen LogP contribution in [0.4, 0.5) is 5.82 Å². The first-order valence-electron chi connectivity index (χ1n) is 5.29. The molecule has 0 radical (unpaired) electrons. The Morgan fingerprint density at radius 3 is 2.88 bits per heavy atom. The summed E-state index contributed by atoms with van der Waals surface area (Å²) in [6.07, 6.45) is 3.50. The summed E-state index contributed by atoms with van der Waals surface area (Å²) in [6.45, 7) is 2.94. The fourth-order valence-electron chi connectivity index (χ4n) is 1.26. The third-order valence-electron chi connectivity index (χ3n) is 2.00. The minimum absolute atomic E-state index is 0.197. The van der Waals surface area contributed by atoms with Gasteiger partial charge in [-0.15, -0.1) is 0 Å². The Morgan fingerprint density at radius 1 is 1.47 bits per heavy atom. The van der Waals surface area contributed by atoms with Crippen molar-refractivity contribution >= 4 is 27.6 Å². The van der Waals surface area contributed by atoms with Crippen molar-refractivity contribution in [1.82, 2.24) is 9.71 Å². The van der Waals surface area contributed by atoms with E-state index in [0.29, 0.717) is 18.9 Å². The van der Waals surface area contributed by atoms with E-state index in [1.807, 2.05) is 13.2 Å². The predicted octanol–water partition coefficient (Wildman–Crippen LogP) is 1.15. The maximum atomic E-state index is 12.0. The zero-order valence-corrected chi connectivity index (χ0v) is 11.6. The van der Waals surface area contributed by atoms with Crippen molar-refractivity contribution in [2.45, 2.75) is 11.8 Å². The van der Waals surface area contributed by atoms with Crippen LogP contribution in [0.1, 0.15) is 6.92 Å². The standard InChI is InChI=1S/C10H17N3O2S2/c1-3-11-10-9(5-4-6-12-10)17(14,15)13-7-8-16-2/h4-6,13H,3,7-8H2,1-2H3,(H,11,12). The third kappa shape index (κ3) is 4.18. The molecule has 0 aliphatic heterocycles. The van der Waals surface area contributed by atoms with E-state index in [2.05, 4.69) is 15.0 Å². The topological polar surface area (TPSA) is 71.1 Å². The average Bonchev–Trinajstić information content (AvgIpc) is 2.30. The van der Waals surface area contributed by atoms with Crippen LogP contribution < -0.4 is 10.0 Å². The van der Waals surface area contributed by atoms with Gasteiger partial charge in [0.25, 0.3) is 0 Å². The van der Waals surface area contributed by atoms with Gasteiger partial charge in [0.2, 0.25) is 10.0 Å². The van der Waals surface area contributed by atoms with Crippen LogP contribution in [-0.2, 0) is 10.0 Å². The largest absolute Gasteiger partial charge is 0.369 e. The number of anilines is 1. The molecule has 0 atom stereocenters. The number of nitrogens with zero attached hydrogens (tertiary/aromatic N) is 1. The summed E-state index contributed by atoms with van der Waals surface area (Å²) in [4.78, 5) is 4.22. The fourth-order valence-corrected chi connectivity index (χ4v) is 2.86. The highest BCUT2D eigenvalue weighted by Crippen LogP contribution is 2.17. The minimum atomic E-state index is -3.47. The normalized spacial score (nSPS) is 11.4. The van der Waals surface area contributed by atoms with E-state index in [0.717, 1.165) is 5.75 Å². The van der Waals surface area contributed by atoms with Crippen LogP contribution in [0.3, 0.4) is 0 Å². The maximum Gasteiger partial charge on any atom is 0.244 e. The van der Waals surface area contributed by atoms with Gasteiger partial charge in [-0.3, -0.25) is 0 Å². The van der Waals surface area contributed by atoms with E-state index < -0.39 is 10.0 Å². The van der Waals surface area contributed by atoms with Crippen LogP contribution in [0.2, 0.25) is 0 Å². The van der Waals surface area contributed by atoms with Gasteiger partial charge in [0, 0.05) is 25.0 Å². The lowest BCUT2D eigenvalue weighted by Crippen LogP contribution is -2.27. The molecule has 0 amide bonds. The second kappa shape index (κ2) is 6.83. The first-order valence-corrected chi connectivity index (χ1v) is 8.17. The van der Waals surface area contributed by atoms with Crippen LogP contribution in [-0.4, -0.2) is 38.5 Å². The molecule has 1 aromatic heterocycles. The molecule has 1 aromatic rings. The molecular formula is C10H17N3O2S2. The Morgan fingerprint density at radius 2 is 2.24 bits per heavy atom. The number of rotatable bonds is 7. The summed E-state index contributed by atoms with van der Waals surface area (Å²) in [5.74, 6) is 1.14. The molecule has 0 spiro atoms. The van der Waals surface area contributed by atoms with E-state index in [4.69, 9.17) is 0 Å². The lowest BCUT2D eigenvalue weighted by atomic mass is 10.4. The second-order valence-electron chi connectivity index (χ2n) is 3.27. The first kappa shape index (κ1) is 14.3. The fraction of sp³-hybridized carbons (Fsp3) is 0.500. The number of aromatic nitrogens is 1. The molecule has 5 nitrogen and oxygen atoms in total. The number of pyridine rings is 1. The van der Waals surface area contributed by atoms with Gasteiger partial charge in [-0.1, -0.05) is 0 Å². The van der Waals surface area contributed by atoms with Gasteiger partial charge in [0.1, 0.15) is 10.7 Å². The van der Waals surface area contributed by atoms with Gasteiger partial charge < -0.3 is 5.32 Å². The zero-order valence-electron chi connectivity index (χ0n) is 9.93. The molecule has 0 saturated carbocycles. The first-order chi connectivity index (χ1) is 8.11. The molecule has 0 fully saturated rings. The Kier molecular flexibility index (Phi) is 5.73. The third-order valence-corrected chi connectivity index (χ3v) is 4.11. The number of hydrogen-bond acceptors (Lipinski definition) is 5. The number of thioether (sulfide) groups is 1. The molecule has 1 heterocycles. The van der Waals surface area contributed by atoms with Crippen LogP contribution >= 0.6 is 11.8 Å². The van der Waals surface area contributed by atoms with Crippen molar-refractivity contribution in [3.05, 3.63) is 18.3 Å². The summed E-state index contributed by atoms with van der Waals surface area (Å²) in [6, 6.07) is 3.16. The van der Waals surface area contributed by atoms with E-state index in [1.54, 1.807) is 30.1 Å². The predicted molar refractivity (Wildman–Crippen MR) is 72.0 cm³/mol. The summed E-state index contributed by atoms with van der Waals surface area (Å²) < 4.78 is 26.6. The van der Waals surface area contributed by atoms with Crippen molar-refractivity contribution in [1.29, 1.82) is 0 Å². The van der Waals surface area contributed by atoms with Gasteiger partial charge in [0.15, 0.2) is 0 Å². The van der Waals surface area contributed by atoms with Crippen LogP contribution in [0.25, 0.3) is 0 Å². The van der Waals surface area contributed by atoms with Crippen LogP contribution in [0.5, 0.6) is 0 Å². The summed E-state index contributed by atoms with van der Waals surface area (Å²) >= 11 is 1.59. The Bertz CT molecular complexity index is 449. The Balaban J connectivity index is 2.89. The second-order valence-corrected chi connectivity index (χ2v) is 5.99. The lowest BCUT2D eigenvalue weighted by Gasteiger charge is -2.10. The molecule has 0 aliphatic rings. The monoisotopic (exact) mass is 275 g/mol. The highest BCUT2D eigenvalue weighted by Gasteiger charge is 2.18. The number of hydrogen-bond donors (Lipinski definition) is 2. The SMILES string of the molecule is CCNc1ncccc1S(=O)(=O)NCCSC. The van der Waals surface area contributed by atoms with Crippen molar-refractivity contribution in [2.24, 2.45) is 0 Å². The molecule has 96 valence electrons. The average molecular weight is 275 g/mol. The van der Waals surface area contributed by atoms with Gasteiger partial charge in [-0.05, 0) is 25.3 Å². The molecule has 17 heavy (non-hydrogen) atoms. The van der Waals surface area contributed by atoms with Gasteiger partial charge in [-0.25, -0.2) is 18.1 Å². The molecule has 1 rings (SSSR count). The number of nitrogens with one attached hydrogen (secondary N) is 2. The van der Waals surface area contributed by atoms with Crippen molar-refractivity contribution < 1.29 is 8.42 Å². The smallest absolute Gasteiger partial charge is 0.244 e. The van der Waals surface area contributed by atoms with Crippen molar-refractivity contribution in [3.8, 4) is 0 Å². The molecule has 7 heteroatoms. The van der Waals surface area contributed by atoms with E-state index in [1.165, 1.54) is 0 Å². The highest BCUT2D eigenvalue weighted by molar-refractivity contribution is 7.98. The van der Waals surface area contributed by atoms with Crippen molar-refractivity contribution in [3.63, 3.8) is 0 Å². The highest BCUT2D eigenvalue weighted by atomic mass is 32.2. The summed E-state index contributed by atoms with van der Waals surface area (Å²) in [5.41, 5.74) is 0. The quantitative estimate of drug-likeness (QED) is 0.731. The van der Waals surface area contributed by atoms with Gasteiger partial charge >= 0.3 is 0 Å². The maximum absolute atomic E-state index is 12.0. The van der Waals surface area contributed by atoms with Crippen LogP contribution in [0, 0.1) is 0 Å². The molecule has 0 unspecified atom stereocenters. The van der Waals surface area contributed by atoms with E-state index >= 15 is 0 Å². The zero-order chi connectivity index (χ0) is 12.7.